The summed E-state index contributed by atoms with van der Waals surface area (Å²) in [5, 5.41) is 0.312. The molecule has 0 atom stereocenters. The van der Waals surface area contributed by atoms with E-state index in [0.29, 0.717) is 9.13 Å². The fraction of sp³-hybridized carbons (Fsp3) is 0. The zero-order chi connectivity index (χ0) is 28.8. The van der Waals surface area contributed by atoms with Crippen molar-refractivity contribution < 1.29 is 49.6 Å². The predicted octanol–water partition coefficient (Wildman–Crippen LogP) is 6.90. The molecule has 202 valence electrons. The van der Waals surface area contributed by atoms with Gasteiger partial charge in [-0.1, -0.05) is 24.3 Å². The van der Waals surface area contributed by atoms with E-state index in [1.807, 2.05) is 28.7 Å². The minimum Gasteiger partial charge on any atom is -0.422 e. The van der Waals surface area contributed by atoms with Crippen LogP contribution in [-0.2, 0) is 10.1 Å². The van der Waals surface area contributed by atoms with Gasteiger partial charge in [-0.25, -0.2) is 18.4 Å². The first-order valence-corrected chi connectivity index (χ1v) is 14.8. The van der Waals surface area contributed by atoms with E-state index in [1.54, 1.807) is 12.1 Å². The van der Waals surface area contributed by atoms with E-state index in [0.717, 1.165) is 13.2 Å². The molecular weight excluding hydrogens is 889 g/mol. The molecule has 0 radical (unpaired) electrons. The summed E-state index contributed by atoms with van der Waals surface area (Å²) in [5.74, 6) is -13.7. The second-order valence-electron chi connectivity index (χ2n) is 7.57. The number of hydrogen-bond donors (Lipinski definition) is 1. The van der Waals surface area contributed by atoms with Crippen LogP contribution >= 0.6 is 67.8 Å². The molecule has 0 aliphatic carbocycles. The van der Waals surface area contributed by atoms with E-state index in [9.17, 15) is 35.6 Å². The molecule has 7 nitrogen and oxygen atoms in total. The van der Waals surface area contributed by atoms with E-state index in [1.165, 1.54) is 24.3 Å². The largest absolute Gasteiger partial charge is 0.422 e. The van der Waals surface area contributed by atoms with Gasteiger partial charge < -0.3 is 9.47 Å². The summed E-state index contributed by atoms with van der Waals surface area (Å²) in [7, 11) is -5.69. The molecule has 0 amide bonds. The highest BCUT2D eigenvalue weighted by Crippen LogP contribution is 2.35. The maximum Gasteiger partial charge on any atom is 0.344 e. The number of fused-ring (bicyclic) bond motifs is 1. The van der Waals surface area contributed by atoms with Crippen LogP contribution in [0.4, 0.5) is 17.6 Å². The number of carbonyl (C=O) groups excluding carboxylic acids is 2. The van der Waals surface area contributed by atoms with Gasteiger partial charge in [-0.15, -0.1) is 0 Å². The van der Waals surface area contributed by atoms with Crippen molar-refractivity contribution in [1.29, 1.82) is 0 Å². The lowest BCUT2D eigenvalue weighted by Crippen LogP contribution is -2.16. The van der Waals surface area contributed by atoms with E-state index < -0.39 is 56.0 Å². The summed E-state index contributed by atoms with van der Waals surface area (Å²) in [6.07, 6.45) is 0. The van der Waals surface area contributed by atoms with Gasteiger partial charge in [0.15, 0.2) is 16.5 Å². The monoisotopic (exact) mass is 898 g/mol. The SMILES string of the molecule is O=C(Oc1ccc(C(=O)Oc2c(F)c(F)c(S(=O)(=O)O)c(F)c2F)c2ccccc12)c1cc(I)cc(I)c1I. The smallest absolute Gasteiger partial charge is 0.344 e. The highest BCUT2D eigenvalue weighted by atomic mass is 127. The first kappa shape index (κ1) is 29.9. The van der Waals surface area contributed by atoms with Crippen LogP contribution in [-0.4, -0.2) is 24.9 Å². The molecule has 0 aliphatic rings. The van der Waals surface area contributed by atoms with Crippen LogP contribution in [0.2, 0.25) is 0 Å². The van der Waals surface area contributed by atoms with Gasteiger partial charge in [-0.2, -0.15) is 17.2 Å². The van der Waals surface area contributed by atoms with Crippen molar-refractivity contribution in [2.75, 3.05) is 0 Å². The topological polar surface area (TPSA) is 107 Å². The van der Waals surface area contributed by atoms with Crippen LogP contribution in [0.3, 0.4) is 0 Å². The highest BCUT2D eigenvalue weighted by Gasteiger charge is 2.34. The molecule has 0 spiro atoms. The van der Waals surface area contributed by atoms with Crippen LogP contribution in [0.25, 0.3) is 10.8 Å². The zero-order valence-electron chi connectivity index (χ0n) is 18.6. The van der Waals surface area contributed by atoms with Gasteiger partial charge in [-0.3, -0.25) is 4.55 Å². The van der Waals surface area contributed by atoms with Gasteiger partial charge in [0, 0.05) is 16.1 Å². The third-order valence-corrected chi connectivity index (χ3v) is 9.70. The lowest BCUT2D eigenvalue weighted by Gasteiger charge is -2.14. The van der Waals surface area contributed by atoms with Crippen molar-refractivity contribution in [3.8, 4) is 11.5 Å². The fourth-order valence-corrected chi connectivity index (χ4v) is 6.46. The molecule has 0 fully saturated rings. The summed E-state index contributed by atoms with van der Waals surface area (Å²) >= 11 is 6.13. The first-order valence-electron chi connectivity index (χ1n) is 10.2. The molecule has 4 aromatic rings. The Labute approximate surface area is 258 Å². The van der Waals surface area contributed by atoms with Crippen LogP contribution in [0.15, 0.2) is 53.4 Å². The third-order valence-electron chi connectivity index (χ3n) is 5.16. The summed E-state index contributed by atoms with van der Waals surface area (Å²) in [4.78, 5) is 23.5. The summed E-state index contributed by atoms with van der Waals surface area (Å²) in [6, 6.07) is 11.8. The summed E-state index contributed by atoms with van der Waals surface area (Å²) in [6.45, 7) is 0. The second-order valence-corrected chi connectivity index (χ2v) is 12.4. The van der Waals surface area contributed by atoms with E-state index >= 15 is 0 Å². The van der Waals surface area contributed by atoms with Gasteiger partial charge in [0.2, 0.25) is 17.4 Å². The lowest BCUT2D eigenvalue weighted by molar-refractivity contribution is 0.0717. The van der Waals surface area contributed by atoms with Crippen LogP contribution in [0, 0.1) is 34.0 Å². The molecule has 15 heteroatoms. The Morgan fingerprint density at radius 2 is 1.31 bits per heavy atom. The second kappa shape index (κ2) is 11.4. The number of ether oxygens (including phenoxy) is 2. The zero-order valence-corrected chi connectivity index (χ0v) is 25.9. The minimum absolute atomic E-state index is 0.0313. The Kier molecular flexibility index (Phi) is 8.74. The van der Waals surface area contributed by atoms with Crippen molar-refractivity contribution in [2.45, 2.75) is 4.90 Å². The van der Waals surface area contributed by atoms with E-state index in [2.05, 4.69) is 49.9 Å². The molecule has 39 heavy (non-hydrogen) atoms. The minimum atomic E-state index is -5.69. The third kappa shape index (κ3) is 5.86. The number of hydrogen-bond acceptors (Lipinski definition) is 6. The Balaban J connectivity index is 1.74. The van der Waals surface area contributed by atoms with Crippen LogP contribution < -0.4 is 9.47 Å². The van der Waals surface area contributed by atoms with Crippen LogP contribution in [0.1, 0.15) is 20.7 Å². The van der Waals surface area contributed by atoms with Crippen molar-refractivity contribution in [1.82, 2.24) is 0 Å². The average Bonchev–Trinajstić information content (AvgIpc) is 2.86. The molecule has 0 unspecified atom stereocenters. The van der Waals surface area contributed by atoms with Gasteiger partial charge in [-0.05, 0) is 97.4 Å². The van der Waals surface area contributed by atoms with Gasteiger partial charge >= 0.3 is 22.1 Å². The van der Waals surface area contributed by atoms with Gasteiger partial charge in [0.25, 0.3) is 0 Å². The number of esters is 2. The highest BCUT2D eigenvalue weighted by molar-refractivity contribution is 14.1. The van der Waals surface area contributed by atoms with Crippen molar-refractivity contribution in [3.63, 3.8) is 0 Å². The molecule has 0 heterocycles. The van der Waals surface area contributed by atoms with Crippen molar-refractivity contribution in [2.24, 2.45) is 0 Å². The van der Waals surface area contributed by atoms with Gasteiger partial charge in [0.05, 0.1) is 11.1 Å². The molecule has 4 aromatic carbocycles. The van der Waals surface area contributed by atoms with Gasteiger partial charge in [0.1, 0.15) is 5.75 Å². The number of carbonyl (C=O) groups is 2. The number of halogens is 7. The first-order chi connectivity index (χ1) is 18.2. The predicted molar refractivity (Wildman–Crippen MR) is 155 cm³/mol. The van der Waals surface area contributed by atoms with E-state index in [-0.39, 0.29) is 22.1 Å². The fourth-order valence-electron chi connectivity index (χ4n) is 3.45. The van der Waals surface area contributed by atoms with E-state index in [4.69, 9.17) is 9.29 Å². The van der Waals surface area contributed by atoms with Crippen molar-refractivity contribution >= 4 is 101 Å². The molecule has 4 rings (SSSR count). The number of rotatable bonds is 5. The molecule has 0 saturated carbocycles. The molecule has 1 N–H and O–H groups in total. The number of benzene rings is 4. The quantitative estimate of drug-likeness (QED) is 0.0581. The molecule has 0 bridgehead atoms. The standard InChI is InChI=1S/C24H9F4I3O7S/c25-16-18(27)22(39(34,35)36)19(28)17(26)21(16)38-23(32)12-5-6-15(11-4-2-1-3-10(11)12)37-24(33)13-7-9(29)8-14(30)20(13)31/h1-8H,(H,34,35,36). The Bertz CT molecular complexity index is 1780. The maximum atomic E-state index is 14.4. The Hall–Kier alpha value is -2.10. The molecular formula is C24H9F4I3O7S. The normalized spacial score (nSPS) is 11.5. The Morgan fingerprint density at radius 3 is 1.90 bits per heavy atom. The molecule has 0 aromatic heterocycles. The van der Waals surface area contributed by atoms with Crippen molar-refractivity contribution in [3.05, 3.63) is 93.6 Å². The Morgan fingerprint density at radius 1 is 0.744 bits per heavy atom. The maximum absolute atomic E-state index is 14.4. The molecule has 0 aliphatic heterocycles. The molecule has 0 saturated heterocycles. The summed E-state index contributed by atoms with van der Waals surface area (Å²) in [5.41, 5.74) is -0.0370. The lowest BCUT2D eigenvalue weighted by atomic mass is 10.0. The van der Waals surface area contributed by atoms with Crippen LogP contribution in [0.5, 0.6) is 11.5 Å². The average molecular weight is 898 g/mol. The summed E-state index contributed by atoms with van der Waals surface area (Å²) < 4.78 is 101.